The summed E-state index contributed by atoms with van der Waals surface area (Å²) in [6, 6.07) is 17.8. The number of nitrogens with zero attached hydrogens (tertiary/aromatic N) is 1. The first-order chi connectivity index (χ1) is 9.34. The van der Waals surface area contributed by atoms with Gasteiger partial charge in [-0.2, -0.15) is 0 Å². The summed E-state index contributed by atoms with van der Waals surface area (Å²) in [7, 11) is 0. The van der Waals surface area contributed by atoms with Gasteiger partial charge in [-0.25, -0.2) is 0 Å². The molecule has 1 amide bonds. The second kappa shape index (κ2) is 5.14. The van der Waals surface area contributed by atoms with Gasteiger partial charge in [0.1, 0.15) is 0 Å². The minimum absolute atomic E-state index is 0.153. The maximum atomic E-state index is 12.4. The predicted octanol–water partition coefficient (Wildman–Crippen LogP) is 2.69. The van der Waals surface area contributed by atoms with Crippen molar-refractivity contribution in [2.45, 2.75) is 6.42 Å². The normalized spacial score (nSPS) is 15.2. The maximum absolute atomic E-state index is 12.4. The first-order valence-corrected chi connectivity index (χ1v) is 6.52. The summed E-state index contributed by atoms with van der Waals surface area (Å²) in [4.78, 5) is 14.3. The molecule has 0 radical (unpaired) electrons. The van der Waals surface area contributed by atoms with Gasteiger partial charge in [0.2, 0.25) is 5.91 Å². The molecule has 3 heteroatoms. The number of anilines is 2. The third kappa shape index (κ3) is 2.45. The van der Waals surface area contributed by atoms with E-state index in [1.54, 1.807) is 0 Å². The summed E-state index contributed by atoms with van der Waals surface area (Å²) in [6.07, 6.45) is 0.443. The van der Waals surface area contributed by atoms with E-state index in [0.717, 1.165) is 23.5 Å². The van der Waals surface area contributed by atoms with Crippen LogP contribution in [0.25, 0.3) is 0 Å². The van der Waals surface area contributed by atoms with Gasteiger partial charge in [0.15, 0.2) is 0 Å². The van der Waals surface area contributed by atoms with Crippen molar-refractivity contribution in [3.63, 3.8) is 0 Å². The van der Waals surface area contributed by atoms with E-state index < -0.39 is 0 Å². The first kappa shape index (κ1) is 11.8. The van der Waals surface area contributed by atoms with Gasteiger partial charge in [0.05, 0.1) is 6.42 Å². The van der Waals surface area contributed by atoms with Crippen molar-refractivity contribution in [2.75, 3.05) is 23.3 Å². The van der Waals surface area contributed by atoms with Gasteiger partial charge >= 0.3 is 0 Å². The number of hydrogen-bond donors (Lipinski definition) is 1. The van der Waals surface area contributed by atoms with Crippen LogP contribution in [0, 0.1) is 0 Å². The zero-order valence-corrected chi connectivity index (χ0v) is 10.7. The molecule has 3 nitrogen and oxygen atoms in total. The van der Waals surface area contributed by atoms with Crippen molar-refractivity contribution >= 4 is 17.3 Å². The van der Waals surface area contributed by atoms with Crippen LogP contribution in [0.5, 0.6) is 0 Å². The number of carbonyl (C=O) groups is 1. The SMILES string of the molecule is O=C1Cc2ccccc2NCCN1c1ccccc1. The highest BCUT2D eigenvalue weighted by Crippen LogP contribution is 2.21. The summed E-state index contributed by atoms with van der Waals surface area (Å²) >= 11 is 0. The molecule has 0 aromatic heterocycles. The Morgan fingerprint density at radius 1 is 0.947 bits per heavy atom. The van der Waals surface area contributed by atoms with Crippen LogP contribution in [0.1, 0.15) is 5.56 Å². The Kier molecular flexibility index (Phi) is 3.19. The lowest BCUT2D eigenvalue weighted by Crippen LogP contribution is -2.38. The number of benzene rings is 2. The van der Waals surface area contributed by atoms with Crippen LogP contribution < -0.4 is 10.2 Å². The van der Waals surface area contributed by atoms with Gasteiger partial charge in [-0.3, -0.25) is 4.79 Å². The largest absolute Gasteiger partial charge is 0.383 e. The fraction of sp³-hybridized carbons (Fsp3) is 0.188. The van der Waals surface area contributed by atoms with E-state index >= 15 is 0 Å². The molecular weight excluding hydrogens is 236 g/mol. The third-order valence-electron chi connectivity index (χ3n) is 3.38. The minimum Gasteiger partial charge on any atom is -0.383 e. The second-order valence-electron chi connectivity index (χ2n) is 4.64. The van der Waals surface area contributed by atoms with E-state index in [9.17, 15) is 4.79 Å². The second-order valence-corrected chi connectivity index (χ2v) is 4.64. The zero-order chi connectivity index (χ0) is 13.1. The van der Waals surface area contributed by atoms with Crippen LogP contribution >= 0.6 is 0 Å². The molecule has 0 saturated carbocycles. The topological polar surface area (TPSA) is 32.3 Å². The minimum atomic E-state index is 0.153. The number of nitrogens with one attached hydrogen (secondary N) is 1. The van der Waals surface area contributed by atoms with Crippen LogP contribution in [0.15, 0.2) is 54.6 Å². The van der Waals surface area contributed by atoms with Crippen LogP contribution in [0.3, 0.4) is 0 Å². The quantitative estimate of drug-likeness (QED) is 0.846. The number of fused-ring (bicyclic) bond motifs is 1. The summed E-state index contributed by atoms with van der Waals surface area (Å²) in [5.41, 5.74) is 3.10. The van der Waals surface area contributed by atoms with Gasteiger partial charge < -0.3 is 10.2 Å². The molecule has 1 aliphatic rings. The lowest BCUT2D eigenvalue weighted by Gasteiger charge is -2.26. The number of para-hydroxylation sites is 2. The Hall–Kier alpha value is -2.29. The van der Waals surface area contributed by atoms with E-state index in [2.05, 4.69) is 5.32 Å². The van der Waals surface area contributed by atoms with Gasteiger partial charge in [0.25, 0.3) is 0 Å². The Morgan fingerprint density at radius 3 is 2.53 bits per heavy atom. The summed E-state index contributed by atoms with van der Waals surface area (Å²) < 4.78 is 0. The van der Waals surface area contributed by atoms with Crippen molar-refractivity contribution in [3.05, 3.63) is 60.2 Å². The van der Waals surface area contributed by atoms with E-state index in [4.69, 9.17) is 0 Å². The Bertz CT molecular complexity index is 580. The Morgan fingerprint density at radius 2 is 1.68 bits per heavy atom. The highest BCUT2D eigenvalue weighted by atomic mass is 16.2. The van der Waals surface area contributed by atoms with E-state index in [1.807, 2.05) is 59.5 Å². The van der Waals surface area contributed by atoms with E-state index in [-0.39, 0.29) is 5.91 Å². The summed E-state index contributed by atoms with van der Waals surface area (Å²) in [6.45, 7) is 1.45. The highest BCUT2D eigenvalue weighted by Gasteiger charge is 2.19. The highest BCUT2D eigenvalue weighted by molar-refractivity contribution is 5.95. The van der Waals surface area contributed by atoms with Gasteiger partial charge in [-0.1, -0.05) is 36.4 Å². The van der Waals surface area contributed by atoms with Crippen LogP contribution in [-0.2, 0) is 11.2 Å². The summed E-state index contributed by atoms with van der Waals surface area (Å²) in [5.74, 6) is 0.153. The average molecular weight is 252 g/mol. The molecule has 3 rings (SSSR count). The molecule has 0 aliphatic carbocycles. The molecule has 1 heterocycles. The summed E-state index contributed by atoms with van der Waals surface area (Å²) in [5, 5.41) is 3.39. The smallest absolute Gasteiger partial charge is 0.231 e. The molecule has 19 heavy (non-hydrogen) atoms. The standard InChI is InChI=1S/C16H16N2O/c19-16-12-13-6-4-5-9-15(13)17-10-11-18(16)14-7-2-1-3-8-14/h1-9,17H,10-12H2. The van der Waals surface area contributed by atoms with Crippen LogP contribution in [0.2, 0.25) is 0 Å². The fourth-order valence-electron chi connectivity index (χ4n) is 2.41. The van der Waals surface area contributed by atoms with E-state index in [1.165, 1.54) is 0 Å². The monoisotopic (exact) mass is 252 g/mol. The first-order valence-electron chi connectivity index (χ1n) is 6.52. The molecule has 1 N–H and O–H groups in total. The van der Waals surface area contributed by atoms with Crippen LogP contribution in [-0.4, -0.2) is 19.0 Å². The van der Waals surface area contributed by atoms with E-state index in [0.29, 0.717) is 13.0 Å². The molecule has 2 aromatic rings. The lowest BCUT2D eigenvalue weighted by molar-refractivity contribution is -0.118. The fourth-order valence-corrected chi connectivity index (χ4v) is 2.41. The van der Waals surface area contributed by atoms with Crippen molar-refractivity contribution in [1.29, 1.82) is 0 Å². The zero-order valence-electron chi connectivity index (χ0n) is 10.7. The maximum Gasteiger partial charge on any atom is 0.231 e. The molecule has 2 aromatic carbocycles. The average Bonchev–Trinajstić information content (AvgIpc) is 2.44. The predicted molar refractivity (Wildman–Crippen MR) is 77.4 cm³/mol. The Labute approximate surface area is 112 Å². The van der Waals surface area contributed by atoms with Gasteiger partial charge in [-0.15, -0.1) is 0 Å². The van der Waals surface area contributed by atoms with Crippen molar-refractivity contribution < 1.29 is 4.79 Å². The molecular formula is C16H16N2O. The molecule has 0 bridgehead atoms. The molecule has 1 aliphatic heterocycles. The lowest BCUT2D eigenvalue weighted by atomic mass is 10.1. The third-order valence-corrected chi connectivity index (χ3v) is 3.38. The van der Waals surface area contributed by atoms with Crippen molar-refractivity contribution in [3.8, 4) is 0 Å². The molecule has 0 saturated heterocycles. The number of amides is 1. The number of hydrogen-bond acceptors (Lipinski definition) is 2. The molecule has 0 spiro atoms. The number of rotatable bonds is 1. The molecule has 96 valence electrons. The van der Waals surface area contributed by atoms with Crippen molar-refractivity contribution in [1.82, 2.24) is 0 Å². The molecule has 0 atom stereocenters. The van der Waals surface area contributed by atoms with Crippen LogP contribution in [0.4, 0.5) is 11.4 Å². The van der Waals surface area contributed by atoms with Gasteiger partial charge in [-0.05, 0) is 23.8 Å². The molecule has 0 unspecified atom stereocenters. The van der Waals surface area contributed by atoms with Crippen molar-refractivity contribution in [2.24, 2.45) is 0 Å². The molecule has 0 fully saturated rings. The van der Waals surface area contributed by atoms with Gasteiger partial charge in [0, 0.05) is 24.5 Å². The Balaban J connectivity index is 1.90. The number of carbonyl (C=O) groups excluding carboxylic acids is 1.